The molecule has 0 saturated heterocycles. The van der Waals surface area contributed by atoms with Crippen molar-refractivity contribution in [1.29, 1.82) is 0 Å². The second-order valence-electron chi connectivity index (χ2n) is 4.50. The Balaban J connectivity index is 1.89. The summed E-state index contributed by atoms with van der Waals surface area (Å²) >= 11 is 5.85. The number of anilines is 1. The highest BCUT2D eigenvalue weighted by Gasteiger charge is 2.16. The second-order valence-corrected chi connectivity index (χ2v) is 4.77. The monoisotopic (exact) mass is 274 g/mol. The van der Waals surface area contributed by atoms with Gasteiger partial charge >= 0.3 is 0 Å². The van der Waals surface area contributed by atoms with Gasteiger partial charge in [0.15, 0.2) is 0 Å². The van der Waals surface area contributed by atoms with Crippen molar-refractivity contribution in [1.82, 2.24) is 4.98 Å². The van der Waals surface area contributed by atoms with E-state index in [4.69, 9.17) is 16.3 Å². The molecule has 1 aromatic carbocycles. The smallest absolute Gasteiger partial charge is 0.129 e. The van der Waals surface area contributed by atoms with Gasteiger partial charge in [-0.2, -0.15) is 0 Å². The van der Waals surface area contributed by atoms with E-state index < -0.39 is 0 Å². The lowest BCUT2D eigenvalue weighted by Crippen LogP contribution is -2.26. The maximum Gasteiger partial charge on any atom is 0.129 e. The van der Waals surface area contributed by atoms with Gasteiger partial charge < -0.3 is 9.64 Å². The van der Waals surface area contributed by atoms with Crippen molar-refractivity contribution in [2.75, 3.05) is 18.1 Å². The molecule has 3 rings (SSSR count). The van der Waals surface area contributed by atoms with Crippen molar-refractivity contribution >= 4 is 17.4 Å². The van der Waals surface area contributed by atoms with Crippen LogP contribution in [-0.2, 0) is 12.4 Å². The van der Waals surface area contributed by atoms with Gasteiger partial charge in [-0.3, -0.25) is 0 Å². The molecule has 0 spiro atoms. The van der Waals surface area contributed by atoms with Crippen molar-refractivity contribution in [2.24, 2.45) is 0 Å². The van der Waals surface area contributed by atoms with E-state index in [1.54, 1.807) is 0 Å². The molecule has 0 saturated carbocycles. The van der Waals surface area contributed by atoms with Crippen LogP contribution in [0.1, 0.15) is 11.3 Å². The fourth-order valence-electron chi connectivity index (χ4n) is 2.24. The Morgan fingerprint density at radius 3 is 2.95 bits per heavy atom. The minimum Gasteiger partial charge on any atom is -0.491 e. The molecule has 0 radical (unpaired) electrons. The van der Waals surface area contributed by atoms with E-state index in [1.807, 2.05) is 36.4 Å². The van der Waals surface area contributed by atoms with Crippen LogP contribution in [0, 0.1) is 0 Å². The van der Waals surface area contributed by atoms with Gasteiger partial charge in [0.25, 0.3) is 0 Å². The Labute approximate surface area is 117 Å². The Morgan fingerprint density at radius 2 is 2.05 bits per heavy atom. The summed E-state index contributed by atoms with van der Waals surface area (Å²) < 4.78 is 5.76. The van der Waals surface area contributed by atoms with Crippen molar-refractivity contribution < 1.29 is 4.74 Å². The van der Waals surface area contributed by atoms with E-state index in [2.05, 4.69) is 16.0 Å². The van der Waals surface area contributed by atoms with Gasteiger partial charge in [-0.05, 0) is 18.2 Å². The first-order chi connectivity index (χ1) is 9.36. The first-order valence-corrected chi connectivity index (χ1v) is 6.88. The van der Waals surface area contributed by atoms with Crippen LogP contribution in [0.25, 0.3) is 0 Å². The van der Waals surface area contributed by atoms with Crippen molar-refractivity contribution in [3.63, 3.8) is 0 Å². The van der Waals surface area contributed by atoms with E-state index in [1.165, 1.54) is 5.56 Å². The molecule has 1 aliphatic heterocycles. The summed E-state index contributed by atoms with van der Waals surface area (Å²) in [6.07, 6.45) is 0. The van der Waals surface area contributed by atoms with Crippen LogP contribution in [0.15, 0.2) is 42.5 Å². The quantitative estimate of drug-likeness (QED) is 0.787. The molecule has 0 aliphatic carbocycles. The van der Waals surface area contributed by atoms with E-state index in [0.29, 0.717) is 12.5 Å². The van der Waals surface area contributed by atoms with Crippen LogP contribution in [0.3, 0.4) is 0 Å². The van der Waals surface area contributed by atoms with Crippen LogP contribution in [-0.4, -0.2) is 18.1 Å². The molecular formula is C15H15ClN2O. The highest BCUT2D eigenvalue weighted by molar-refractivity contribution is 6.16. The summed E-state index contributed by atoms with van der Waals surface area (Å²) in [6.45, 7) is 2.31. The Bertz CT molecular complexity index is 574. The molecule has 4 heteroatoms. The number of aromatic nitrogens is 1. The fourth-order valence-corrected chi connectivity index (χ4v) is 2.39. The summed E-state index contributed by atoms with van der Waals surface area (Å²) in [7, 11) is 0. The fraction of sp³-hybridized carbons (Fsp3) is 0.267. The lowest BCUT2D eigenvalue weighted by Gasteiger charge is -2.21. The zero-order valence-corrected chi connectivity index (χ0v) is 11.3. The number of rotatable bonds is 2. The Kier molecular flexibility index (Phi) is 3.56. The molecule has 2 heterocycles. The molecule has 0 bridgehead atoms. The van der Waals surface area contributed by atoms with E-state index in [9.17, 15) is 0 Å². The second kappa shape index (κ2) is 5.49. The van der Waals surface area contributed by atoms with Crippen molar-refractivity contribution in [3.05, 3.63) is 53.7 Å². The third kappa shape index (κ3) is 2.66. The van der Waals surface area contributed by atoms with E-state index in [-0.39, 0.29) is 0 Å². The van der Waals surface area contributed by atoms with Gasteiger partial charge in [0.05, 0.1) is 18.1 Å². The van der Waals surface area contributed by atoms with E-state index in [0.717, 1.165) is 30.4 Å². The maximum atomic E-state index is 5.85. The lowest BCUT2D eigenvalue weighted by molar-refractivity contribution is 0.331. The number of para-hydroxylation sites is 1. The zero-order chi connectivity index (χ0) is 13.1. The minimum atomic E-state index is 0.439. The summed E-state index contributed by atoms with van der Waals surface area (Å²) in [4.78, 5) is 6.79. The molecule has 3 nitrogen and oxygen atoms in total. The number of alkyl halides is 1. The van der Waals surface area contributed by atoms with Gasteiger partial charge in [0.2, 0.25) is 0 Å². The Morgan fingerprint density at radius 1 is 1.16 bits per heavy atom. The average Bonchev–Trinajstić information content (AvgIpc) is 2.69. The van der Waals surface area contributed by atoms with Gasteiger partial charge in [0, 0.05) is 12.1 Å². The van der Waals surface area contributed by atoms with Gasteiger partial charge in [-0.15, -0.1) is 11.6 Å². The van der Waals surface area contributed by atoms with Crippen molar-refractivity contribution in [3.8, 4) is 5.75 Å². The molecule has 1 aliphatic rings. The molecular weight excluding hydrogens is 260 g/mol. The average molecular weight is 275 g/mol. The first-order valence-electron chi connectivity index (χ1n) is 6.34. The van der Waals surface area contributed by atoms with Crippen LogP contribution < -0.4 is 9.64 Å². The number of pyridine rings is 1. The highest BCUT2D eigenvalue weighted by atomic mass is 35.5. The van der Waals surface area contributed by atoms with Gasteiger partial charge in [-0.25, -0.2) is 4.98 Å². The van der Waals surface area contributed by atoms with Crippen LogP contribution in [0.5, 0.6) is 5.75 Å². The van der Waals surface area contributed by atoms with E-state index >= 15 is 0 Å². The van der Waals surface area contributed by atoms with Crippen LogP contribution in [0.4, 0.5) is 5.82 Å². The minimum absolute atomic E-state index is 0.439. The summed E-state index contributed by atoms with van der Waals surface area (Å²) in [6, 6.07) is 14.1. The highest BCUT2D eigenvalue weighted by Crippen LogP contribution is 2.25. The number of fused-ring (bicyclic) bond motifs is 1. The summed E-state index contributed by atoms with van der Waals surface area (Å²) in [5.74, 6) is 2.37. The molecule has 1 aromatic heterocycles. The largest absolute Gasteiger partial charge is 0.491 e. The number of ether oxygens (including phenoxy) is 1. The summed E-state index contributed by atoms with van der Waals surface area (Å²) in [5.41, 5.74) is 2.09. The molecule has 98 valence electrons. The number of nitrogens with zero attached hydrogens (tertiary/aromatic N) is 2. The lowest BCUT2D eigenvalue weighted by atomic mass is 10.2. The SMILES string of the molecule is ClCc1cccc(N2CCOc3ccccc3C2)n1. The van der Waals surface area contributed by atoms with Gasteiger partial charge in [0.1, 0.15) is 18.2 Å². The number of halogens is 1. The zero-order valence-electron chi connectivity index (χ0n) is 10.6. The van der Waals surface area contributed by atoms with Crippen LogP contribution >= 0.6 is 11.6 Å². The number of hydrogen-bond acceptors (Lipinski definition) is 3. The molecule has 0 fully saturated rings. The molecule has 19 heavy (non-hydrogen) atoms. The first kappa shape index (κ1) is 12.3. The molecule has 0 unspecified atom stereocenters. The summed E-state index contributed by atoms with van der Waals surface area (Å²) in [5, 5.41) is 0. The Hall–Kier alpha value is -1.74. The third-order valence-electron chi connectivity index (χ3n) is 3.21. The molecule has 2 aromatic rings. The molecule has 0 atom stereocenters. The number of hydrogen-bond donors (Lipinski definition) is 0. The van der Waals surface area contributed by atoms with Gasteiger partial charge in [-0.1, -0.05) is 24.3 Å². The molecule has 0 amide bonds. The predicted octanol–water partition coefficient (Wildman–Crippen LogP) is 3.22. The predicted molar refractivity (Wildman–Crippen MR) is 76.8 cm³/mol. The maximum absolute atomic E-state index is 5.85. The standard InChI is InChI=1S/C15H15ClN2O/c16-10-13-5-3-7-15(17-13)18-8-9-19-14-6-2-1-4-12(14)11-18/h1-7H,8-11H2. The van der Waals surface area contributed by atoms with Crippen molar-refractivity contribution in [2.45, 2.75) is 12.4 Å². The molecule has 0 N–H and O–H groups in total. The topological polar surface area (TPSA) is 25.4 Å². The third-order valence-corrected chi connectivity index (χ3v) is 3.48. The number of benzene rings is 1. The normalized spacial score (nSPS) is 14.5. The van der Waals surface area contributed by atoms with Crippen LogP contribution in [0.2, 0.25) is 0 Å².